The molecule has 13 heavy (non-hydrogen) atoms. The summed E-state index contributed by atoms with van der Waals surface area (Å²) in [4.78, 5) is 6.41. The van der Waals surface area contributed by atoms with Gasteiger partial charge in [0.2, 0.25) is 5.95 Å². The molecule has 1 aliphatic rings. The minimum Gasteiger partial charge on any atom is -0.340 e. The first-order valence-electron chi connectivity index (χ1n) is 4.39. The van der Waals surface area contributed by atoms with E-state index in [2.05, 4.69) is 20.1 Å². The van der Waals surface area contributed by atoms with Gasteiger partial charge in [-0.1, -0.05) is 11.6 Å². The Hall–Kier alpha value is -0.900. The largest absolute Gasteiger partial charge is 0.340 e. The summed E-state index contributed by atoms with van der Waals surface area (Å²) in [6.07, 6.45) is 2.43. The van der Waals surface area contributed by atoms with Gasteiger partial charge in [-0.05, 0) is 19.8 Å². The lowest BCUT2D eigenvalue weighted by Crippen LogP contribution is -2.21. The maximum Gasteiger partial charge on any atom is 0.245 e. The van der Waals surface area contributed by atoms with Gasteiger partial charge >= 0.3 is 0 Å². The van der Waals surface area contributed by atoms with Crippen LogP contribution in [0.2, 0.25) is 5.15 Å². The van der Waals surface area contributed by atoms with Crippen LogP contribution in [0.1, 0.15) is 18.5 Å². The SMILES string of the molecule is Cc1nc(N2CCCC2)nnc1Cl. The summed E-state index contributed by atoms with van der Waals surface area (Å²) >= 11 is 5.73. The van der Waals surface area contributed by atoms with Crippen LogP contribution >= 0.6 is 11.6 Å². The molecule has 1 fully saturated rings. The molecule has 0 saturated carbocycles. The highest BCUT2D eigenvalue weighted by Gasteiger charge is 2.15. The number of anilines is 1. The monoisotopic (exact) mass is 198 g/mol. The molecule has 0 amide bonds. The second-order valence-corrected chi connectivity index (χ2v) is 3.54. The molecule has 0 aliphatic carbocycles. The predicted molar refractivity (Wildman–Crippen MR) is 51.0 cm³/mol. The third-order valence-electron chi connectivity index (χ3n) is 2.18. The topological polar surface area (TPSA) is 41.9 Å². The summed E-state index contributed by atoms with van der Waals surface area (Å²) in [5, 5.41) is 8.18. The fourth-order valence-electron chi connectivity index (χ4n) is 1.43. The van der Waals surface area contributed by atoms with Crippen molar-refractivity contribution >= 4 is 17.5 Å². The first-order valence-corrected chi connectivity index (χ1v) is 4.77. The second-order valence-electron chi connectivity index (χ2n) is 3.18. The Morgan fingerprint density at radius 1 is 1.23 bits per heavy atom. The Kier molecular flexibility index (Phi) is 2.31. The van der Waals surface area contributed by atoms with Gasteiger partial charge in [-0.3, -0.25) is 0 Å². The van der Waals surface area contributed by atoms with Crippen molar-refractivity contribution in [2.45, 2.75) is 19.8 Å². The van der Waals surface area contributed by atoms with Crippen molar-refractivity contribution in [3.63, 3.8) is 0 Å². The van der Waals surface area contributed by atoms with Gasteiger partial charge in [0.05, 0.1) is 5.69 Å². The summed E-state index contributed by atoms with van der Waals surface area (Å²) in [6, 6.07) is 0. The number of aryl methyl sites for hydroxylation is 1. The second kappa shape index (κ2) is 3.46. The van der Waals surface area contributed by atoms with Crippen molar-refractivity contribution < 1.29 is 0 Å². The summed E-state index contributed by atoms with van der Waals surface area (Å²) < 4.78 is 0. The molecule has 1 aliphatic heterocycles. The fraction of sp³-hybridized carbons (Fsp3) is 0.625. The van der Waals surface area contributed by atoms with Gasteiger partial charge in [0.25, 0.3) is 0 Å². The normalized spacial score (nSPS) is 16.6. The first-order chi connectivity index (χ1) is 6.27. The lowest BCUT2D eigenvalue weighted by Gasteiger charge is -2.13. The van der Waals surface area contributed by atoms with Crippen LogP contribution in [0.25, 0.3) is 0 Å². The average Bonchev–Trinajstić information content (AvgIpc) is 2.62. The number of halogens is 1. The van der Waals surface area contributed by atoms with Gasteiger partial charge in [0.1, 0.15) is 0 Å². The summed E-state index contributed by atoms with van der Waals surface area (Å²) in [5.41, 5.74) is 0.749. The predicted octanol–water partition coefficient (Wildman–Crippen LogP) is 1.43. The van der Waals surface area contributed by atoms with Crippen LogP contribution in [-0.4, -0.2) is 28.3 Å². The standard InChI is InChI=1S/C8H11ClN4/c1-6-7(9)11-12-8(10-6)13-4-2-3-5-13/h2-5H2,1H3. The van der Waals surface area contributed by atoms with Crippen LogP contribution in [0.15, 0.2) is 0 Å². The summed E-state index contributed by atoms with van der Waals surface area (Å²) in [7, 11) is 0. The van der Waals surface area contributed by atoms with Crippen LogP contribution in [0, 0.1) is 6.92 Å². The third kappa shape index (κ3) is 1.72. The minimum absolute atomic E-state index is 0.392. The van der Waals surface area contributed by atoms with Gasteiger partial charge in [0, 0.05) is 13.1 Å². The first kappa shape index (κ1) is 8.69. The van der Waals surface area contributed by atoms with Crippen molar-refractivity contribution in [2.75, 3.05) is 18.0 Å². The maximum atomic E-state index is 5.73. The zero-order valence-corrected chi connectivity index (χ0v) is 8.25. The molecular formula is C8H11ClN4. The molecule has 0 aromatic carbocycles. The molecule has 0 radical (unpaired) electrons. The smallest absolute Gasteiger partial charge is 0.245 e. The number of rotatable bonds is 1. The highest BCUT2D eigenvalue weighted by Crippen LogP contribution is 2.16. The van der Waals surface area contributed by atoms with E-state index in [4.69, 9.17) is 11.6 Å². The van der Waals surface area contributed by atoms with E-state index >= 15 is 0 Å². The molecule has 4 nitrogen and oxygen atoms in total. The molecule has 1 aromatic heterocycles. The molecule has 0 bridgehead atoms. The Labute approximate surface area is 81.9 Å². The van der Waals surface area contributed by atoms with Crippen molar-refractivity contribution in [1.29, 1.82) is 0 Å². The molecular weight excluding hydrogens is 188 g/mol. The highest BCUT2D eigenvalue weighted by molar-refractivity contribution is 6.29. The zero-order valence-electron chi connectivity index (χ0n) is 7.50. The Bertz CT molecular complexity index is 309. The molecule has 0 atom stereocenters. The molecule has 0 unspecified atom stereocenters. The lowest BCUT2D eigenvalue weighted by atomic mass is 10.4. The quantitative estimate of drug-likeness (QED) is 0.685. The number of aromatic nitrogens is 3. The van der Waals surface area contributed by atoms with Crippen molar-refractivity contribution in [1.82, 2.24) is 15.2 Å². The zero-order chi connectivity index (χ0) is 9.26. The van der Waals surface area contributed by atoms with E-state index in [0.717, 1.165) is 18.8 Å². The van der Waals surface area contributed by atoms with E-state index in [-0.39, 0.29) is 0 Å². The van der Waals surface area contributed by atoms with E-state index in [1.807, 2.05) is 6.92 Å². The summed E-state index contributed by atoms with van der Waals surface area (Å²) in [5.74, 6) is 0.708. The highest BCUT2D eigenvalue weighted by atomic mass is 35.5. The van der Waals surface area contributed by atoms with Gasteiger partial charge in [-0.2, -0.15) is 0 Å². The van der Waals surface area contributed by atoms with Gasteiger partial charge in [-0.25, -0.2) is 4.98 Å². The molecule has 1 saturated heterocycles. The van der Waals surface area contributed by atoms with E-state index < -0.39 is 0 Å². The van der Waals surface area contributed by atoms with E-state index in [1.54, 1.807) is 0 Å². The third-order valence-corrected chi connectivity index (χ3v) is 2.53. The van der Waals surface area contributed by atoms with Crippen molar-refractivity contribution in [3.8, 4) is 0 Å². The van der Waals surface area contributed by atoms with Crippen molar-refractivity contribution in [3.05, 3.63) is 10.8 Å². The van der Waals surface area contributed by atoms with Crippen LogP contribution in [0.4, 0.5) is 5.95 Å². The molecule has 70 valence electrons. The van der Waals surface area contributed by atoms with Crippen LogP contribution in [0.3, 0.4) is 0 Å². The van der Waals surface area contributed by atoms with Gasteiger partial charge < -0.3 is 4.90 Å². The van der Waals surface area contributed by atoms with E-state index in [9.17, 15) is 0 Å². The van der Waals surface area contributed by atoms with Crippen LogP contribution in [-0.2, 0) is 0 Å². The Morgan fingerprint density at radius 3 is 2.54 bits per heavy atom. The molecule has 0 N–H and O–H groups in total. The molecule has 5 heteroatoms. The molecule has 2 heterocycles. The van der Waals surface area contributed by atoms with Crippen LogP contribution in [0.5, 0.6) is 0 Å². The van der Waals surface area contributed by atoms with E-state index in [0.29, 0.717) is 11.1 Å². The number of hydrogen-bond acceptors (Lipinski definition) is 4. The van der Waals surface area contributed by atoms with Gasteiger partial charge in [0.15, 0.2) is 5.15 Å². The summed E-state index contributed by atoms with van der Waals surface area (Å²) in [6.45, 7) is 3.90. The average molecular weight is 199 g/mol. The van der Waals surface area contributed by atoms with Gasteiger partial charge in [-0.15, -0.1) is 10.2 Å². The molecule has 1 aromatic rings. The molecule has 2 rings (SSSR count). The number of nitrogens with zero attached hydrogens (tertiary/aromatic N) is 4. The van der Waals surface area contributed by atoms with E-state index in [1.165, 1.54) is 12.8 Å². The lowest BCUT2D eigenvalue weighted by molar-refractivity contribution is 0.837. The minimum atomic E-state index is 0.392. The Balaban J connectivity index is 2.25. The van der Waals surface area contributed by atoms with Crippen molar-refractivity contribution in [2.24, 2.45) is 0 Å². The molecule has 0 spiro atoms. The number of hydrogen-bond donors (Lipinski definition) is 0. The Morgan fingerprint density at radius 2 is 1.92 bits per heavy atom. The fourth-order valence-corrected chi connectivity index (χ4v) is 1.51. The van der Waals surface area contributed by atoms with Crippen LogP contribution < -0.4 is 4.90 Å². The maximum absolute atomic E-state index is 5.73.